The van der Waals surface area contributed by atoms with Gasteiger partial charge < -0.3 is 15.4 Å². The fourth-order valence-corrected chi connectivity index (χ4v) is 2.34. The van der Waals surface area contributed by atoms with Crippen LogP contribution in [0.3, 0.4) is 0 Å². The number of rotatable bonds is 4. The van der Waals surface area contributed by atoms with Gasteiger partial charge in [0.1, 0.15) is 6.04 Å². The number of carbonyl (C=O) groups is 1. The molecule has 5 nitrogen and oxygen atoms in total. The lowest BCUT2D eigenvalue weighted by atomic mass is 10.2. The van der Waals surface area contributed by atoms with E-state index in [0.717, 1.165) is 23.7 Å². The number of amides is 1. The summed E-state index contributed by atoms with van der Waals surface area (Å²) in [5, 5.41) is 9.11. The Morgan fingerprint density at radius 3 is 3.29 bits per heavy atom. The van der Waals surface area contributed by atoms with Gasteiger partial charge in [0.05, 0.1) is 23.9 Å². The molecule has 2 rings (SSSR count). The van der Waals surface area contributed by atoms with Crippen LogP contribution in [0.4, 0.5) is 0 Å². The SMILES string of the molecule is Cc1nc(CCNC(=O)C2COCCN2)cs1. The van der Waals surface area contributed by atoms with Crippen LogP contribution in [0.2, 0.25) is 0 Å². The van der Waals surface area contributed by atoms with Crippen LogP contribution in [-0.4, -0.2) is 43.2 Å². The molecule has 2 heterocycles. The summed E-state index contributed by atoms with van der Waals surface area (Å²) in [4.78, 5) is 16.1. The number of hydrogen-bond acceptors (Lipinski definition) is 5. The van der Waals surface area contributed by atoms with Crippen molar-refractivity contribution in [2.24, 2.45) is 0 Å². The summed E-state index contributed by atoms with van der Waals surface area (Å²) in [6.45, 7) is 4.49. The highest BCUT2D eigenvalue weighted by Crippen LogP contribution is 2.07. The third-order valence-corrected chi connectivity index (χ3v) is 3.41. The van der Waals surface area contributed by atoms with Crippen molar-refractivity contribution in [2.45, 2.75) is 19.4 Å². The molecule has 94 valence electrons. The molecule has 1 aromatic heterocycles. The van der Waals surface area contributed by atoms with Gasteiger partial charge in [0.2, 0.25) is 5.91 Å². The van der Waals surface area contributed by atoms with Crippen molar-refractivity contribution >= 4 is 17.2 Å². The first-order valence-electron chi connectivity index (χ1n) is 5.75. The number of aromatic nitrogens is 1. The predicted octanol–water partition coefficient (Wildman–Crippen LogP) is 0.0986. The van der Waals surface area contributed by atoms with Crippen molar-refractivity contribution in [1.82, 2.24) is 15.6 Å². The second kappa shape index (κ2) is 6.09. The number of morpholine rings is 1. The normalized spacial score (nSPS) is 20.2. The average molecular weight is 255 g/mol. The van der Waals surface area contributed by atoms with Gasteiger partial charge in [-0.1, -0.05) is 0 Å². The number of carbonyl (C=O) groups excluding carboxylic acids is 1. The minimum atomic E-state index is -0.207. The molecule has 17 heavy (non-hydrogen) atoms. The first-order valence-corrected chi connectivity index (χ1v) is 6.63. The van der Waals surface area contributed by atoms with Crippen molar-refractivity contribution in [3.63, 3.8) is 0 Å². The second-order valence-corrected chi connectivity index (χ2v) is 5.04. The molecule has 0 spiro atoms. The summed E-state index contributed by atoms with van der Waals surface area (Å²) in [5.74, 6) is 0.0108. The van der Waals surface area contributed by atoms with Gasteiger partial charge in [0, 0.05) is 24.9 Å². The summed E-state index contributed by atoms with van der Waals surface area (Å²) in [7, 11) is 0. The van der Waals surface area contributed by atoms with E-state index < -0.39 is 0 Å². The van der Waals surface area contributed by atoms with Crippen LogP contribution in [-0.2, 0) is 16.0 Å². The third kappa shape index (κ3) is 3.76. The van der Waals surface area contributed by atoms with Crippen LogP contribution in [0.15, 0.2) is 5.38 Å². The largest absolute Gasteiger partial charge is 0.378 e. The van der Waals surface area contributed by atoms with E-state index in [4.69, 9.17) is 4.74 Å². The molecule has 0 aliphatic carbocycles. The van der Waals surface area contributed by atoms with Gasteiger partial charge in [0.15, 0.2) is 0 Å². The van der Waals surface area contributed by atoms with E-state index in [1.54, 1.807) is 11.3 Å². The van der Waals surface area contributed by atoms with Crippen molar-refractivity contribution in [2.75, 3.05) is 26.3 Å². The van der Waals surface area contributed by atoms with Crippen molar-refractivity contribution in [3.8, 4) is 0 Å². The van der Waals surface area contributed by atoms with E-state index in [0.29, 0.717) is 19.8 Å². The topological polar surface area (TPSA) is 63.2 Å². The third-order valence-electron chi connectivity index (χ3n) is 2.59. The van der Waals surface area contributed by atoms with Crippen LogP contribution >= 0.6 is 11.3 Å². The Balaban J connectivity index is 1.69. The molecule has 1 fully saturated rings. The molecule has 1 amide bonds. The summed E-state index contributed by atoms with van der Waals surface area (Å²) in [6, 6.07) is -0.207. The van der Waals surface area contributed by atoms with Crippen LogP contribution in [0.25, 0.3) is 0 Å². The predicted molar refractivity (Wildman–Crippen MR) is 66.2 cm³/mol. The van der Waals surface area contributed by atoms with Crippen molar-refractivity contribution in [3.05, 3.63) is 16.1 Å². The number of nitrogens with zero attached hydrogens (tertiary/aromatic N) is 1. The van der Waals surface area contributed by atoms with Crippen LogP contribution in [0, 0.1) is 6.92 Å². The summed E-state index contributed by atoms with van der Waals surface area (Å²) in [5.41, 5.74) is 1.04. The average Bonchev–Trinajstić information content (AvgIpc) is 2.76. The van der Waals surface area contributed by atoms with Gasteiger partial charge in [-0.3, -0.25) is 4.79 Å². The molecule has 1 aliphatic heterocycles. The quantitative estimate of drug-likeness (QED) is 0.801. The molecule has 6 heteroatoms. The molecule has 1 aromatic rings. The van der Waals surface area contributed by atoms with Gasteiger partial charge >= 0.3 is 0 Å². The summed E-state index contributed by atoms with van der Waals surface area (Å²) >= 11 is 1.64. The Bertz CT molecular complexity index is 375. The number of hydrogen-bond donors (Lipinski definition) is 2. The molecule has 0 aromatic carbocycles. The Morgan fingerprint density at radius 2 is 2.65 bits per heavy atom. The van der Waals surface area contributed by atoms with E-state index >= 15 is 0 Å². The molecule has 1 saturated heterocycles. The van der Waals surface area contributed by atoms with Crippen molar-refractivity contribution in [1.29, 1.82) is 0 Å². The van der Waals surface area contributed by atoms with Gasteiger partial charge in [-0.25, -0.2) is 4.98 Å². The lowest BCUT2D eigenvalue weighted by Crippen LogP contribution is -2.51. The number of aryl methyl sites for hydroxylation is 1. The maximum absolute atomic E-state index is 11.7. The first-order chi connectivity index (χ1) is 8.25. The van der Waals surface area contributed by atoms with E-state index in [1.807, 2.05) is 12.3 Å². The zero-order valence-corrected chi connectivity index (χ0v) is 10.7. The van der Waals surface area contributed by atoms with E-state index in [2.05, 4.69) is 15.6 Å². The Kier molecular flexibility index (Phi) is 4.47. The summed E-state index contributed by atoms with van der Waals surface area (Å²) < 4.78 is 5.24. The number of nitrogens with one attached hydrogen (secondary N) is 2. The molecule has 1 unspecified atom stereocenters. The minimum Gasteiger partial charge on any atom is -0.378 e. The maximum Gasteiger partial charge on any atom is 0.239 e. The highest BCUT2D eigenvalue weighted by molar-refractivity contribution is 7.09. The second-order valence-electron chi connectivity index (χ2n) is 3.98. The molecule has 0 radical (unpaired) electrons. The van der Waals surface area contributed by atoms with E-state index in [1.165, 1.54) is 0 Å². The lowest BCUT2D eigenvalue weighted by molar-refractivity contribution is -0.125. The smallest absolute Gasteiger partial charge is 0.239 e. The van der Waals surface area contributed by atoms with Gasteiger partial charge in [0.25, 0.3) is 0 Å². The van der Waals surface area contributed by atoms with Crippen LogP contribution < -0.4 is 10.6 Å². The molecular weight excluding hydrogens is 238 g/mol. The number of thiazole rings is 1. The lowest BCUT2D eigenvalue weighted by Gasteiger charge is -2.22. The molecule has 1 atom stereocenters. The Hall–Kier alpha value is -0.980. The molecule has 2 N–H and O–H groups in total. The fraction of sp³-hybridized carbons (Fsp3) is 0.636. The van der Waals surface area contributed by atoms with Gasteiger partial charge in [-0.2, -0.15) is 0 Å². The molecule has 0 bridgehead atoms. The Labute approximate surface area is 105 Å². The number of ether oxygens (including phenoxy) is 1. The zero-order valence-electron chi connectivity index (χ0n) is 9.86. The molecular formula is C11H17N3O2S. The minimum absolute atomic E-state index is 0.0108. The Morgan fingerprint density at radius 1 is 1.76 bits per heavy atom. The molecule has 1 aliphatic rings. The monoisotopic (exact) mass is 255 g/mol. The standard InChI is InChI=1S/C11H17N3O2S/c1-8-14-9(7-17-8)2-3-13-11(15)10-6-16-5-4-12-10/h7,10,12H,2-6H2,1H3,(H,13,15). The maximum atomic E-state index is 11.7. The first kappa shape index (κ1) is 12.5. The van der Waals surface area contributed by atoms with Gasteiger partial charge in [-0.15, -0.1) is 11.3 Å². The fourth-order valence-electron chi connectivity index (χ4n) is 1.69. The zero-order chi connectivity index (χ0) is 12.1. The highest BCUT2D eigenvalue weighted by atomic mass is 32.1. The van der Waals surface area contributed by atoms with Crippen LogP contribution in [0.5, 0.6) is 0 Å². The highest BCUT2D eigenvalue weighted by Gasteiger charge is 2.20. The molecule has 0 saturated carbocycles. The van der Waals surface area contributed by atoms with E-state index in [9.17, 15) is 4.79 Å². The van der Waals surface area contributed by atoms with Gasteiger partial charge in [-0.05, 0) is 6.92 Å². The summed E-state index contributed by atoms with van der Waals surface area (Å²) in [6.07, 6.45) is 0.781. The van der Waals surface area contributed by atoms with Crippen molar-refractivity contribution < 1.29 is 9.53 Å². The van der Waals surface area contributed by atoms with E-state index in [-0.39, 0.29) is 11.9 Å². The van der Waals surface area contributed by atoms with Crippen LogP contribution in [0.1, 0.15) is 10.7 Å².